The minimum absolute atomic E-state index is 0.260. The second-order valence-corrected chi connectivity index (χ2v) is 9.65. The Kier molecular flexibility index (Phi) is 5.90. The molecule has 7 heteroatoms. The van der Waals surface area contributed by atoms with E-state index < -0.39 is 10.0 Å². The van der Waals surface area contributed by atoms with E-state index in [0.29, 0.717) is 11.6 Å². The maximum atomic E-state index is 12.9. The fourth-order valence-electron chi connectivity index (χ4n) is 3.85. The van der Waals surface area contributed by atoms with Crippen molar-refractivity contribution < 1.29 is 8.42 Å². The number of rotatable bonds is 6. The average molecular weight is 425 g/mol. The van der Waals surface area contributed by atoms with Crippen LogP contribution in [0.3, 0.4) is 0 Å². The minimum atomic E-state index is -3.66. The third kappa shape index (κ3) is 4.26. The highest BCUT2D eigenvalue weighted by molar-refractivity contribution is 7.92. The maximum Gasteiger partial charge on any atom is 0.261 e. The van der Waals surface area contributed by atoms with Crippen LogP contribution in [0.25, 0.3) is 11.4 Å². The SMILES string of the molecule is CCC(C)c1ccc(S(=O)(=O)Nc2cccc(-c3nnc4n3CCCCC4)c2)cc1. The Bertz CT molecular complexity index is 1120. The molecule has 158 valence electrons. The predicted molar refractivity (Wildman–Crippen MR) is 119 cm³/mol. The van der Waals surface area contributed by atoms with Gasteiger partial charge in [-0.15, -0.1) is 10.2 Å². The van der Waals surface area contributed by atoms with Crippen LogP contribution in [0.2, 0.25) is 0 Å². The lowest BCUT2D eigenvalue weighted by Crippen LogP contribution is -2.13. The Balaban J connectivity index is 1.58. The molecule has 2 aromatic carbocycles. The van der Waals surface area contributed by atoms with Crippen LogP contribution in [0.1, 0.15) is 56.8 Å². The van der Waals surface area contributed by atoms with E-state index >= 15 is 0 Å². The van der Waals surface area contributed by atoms with Crippen molar-refractivity contribution in [3.8, 4) is 11.4 Å². The summed E-state index contributed by atoms with van der Waals surface area (Å²) in [5, 5.41) is 8.72. The number of nitrogens with zero attached hydrogens (tertiary/aromatic N) is 3. The van der Waals surface area contributed by atoms with Crippen molar-refractivity contribution in [1.82, 2.24) is 14.8 Å². The second kappa shape index (κ2) is 8.60. The smallest absolute Gasteiger partial charge is 0.261 e. The largest absolute Gasteiger partial charge is 0.311 e. The molecule has 1 aliphatic heterocycles. The number of hydrogen-bond acceptors (Lipinski definition) is 4. The minimum Gasteiger partial charge on any atom is -0.311 e. The average Bonchev–Trinajstić information content (AvgIpc) is 3.01. The Morgan fingerprint density at radius 1 is 1.07 bits per heavy atom. The number of fused-ring (bicyclic) bond motifs is 1. The number of aromatic nitrogens is 3. The molecule has 0 aliphatic carbocycles. The first-order chi connectivity index (χ1) is 14.5. The Morgan fingerprint density at radius 3 is 2.63 bits per heavy atom. The predicted octanol–water partition coefficient (Wildman–Crippen LogP) is 4.99. The lowest BCUT2D eigenvalue weighted by atomic mass is 9.99. The molecular formula is C23H28N4O2S. The molecule has 0 radical (unpaired) electrons. The van der Waals surface area contributed by atoms with Gasteiger partial charge in [-0.05, 0) is 55.0 Å². The number of benzene rings is 2. The first-order valence-electron chi connectivity index (χ1n) is 10.6. The molecule has 0 amide bonds. The summed E-state index contributed by atoms with van der Waals surface area (Å²) in [5.74, 6) is 2.21. The number of sulfonamides is 1. The molecule has 0 spiro atoms. The fourth-order valence-corrected chi connectivity index (χ4v) is 4.90. The zero-order valence-corrected chi connectivity index (χ0v) is 18.3. The van der Waals surface area contributed by atoms with E-state index in [-0.39, 0.29) is 4.90 Å². The summed E-state index contributed by atoms with van der Waals surface area (Å²) < 4.78 is 30.6. The first-order valence-corrected chi connectivity index (χ1v) is 12.1. The molecule has 6 nitrogen and oxygen atoms in total. The first kappa shape index (κ1) is 20.6. The molecule has 30 heavy (non-hydrogen) atoms. The van der Waals surface area contributed by atoms with Crippen LogP contribution in [-0.4, -0.2) is 23.2 Å². The Labute approximate surface area is 178 Å². The molecular weight excluding hydrogens is 396 g/mol. The molecule has 1 aromatic heterocycles. The van der Waals surface area contributed by atoms with E-state index in [4.69, 9.17) is 0 Å². The molecule has 4 rings (SSSR count). The second-order valence-electron chi connectivity index (χ2n) is 7.97. The van der Waals surface area contributed by atoms with Crippen LogP contribution in [0.15, 0.2) is 53.4 Å². The van der Waals surface area contributed by atoms with Crippen molar-refractivity contribution in [2.45, 2.75) is 63.3 Å². The standard InChI is InChI=1S/C23H28N4O2S/c1-3-17(2)18-11-13-21(14-12-18)30(28,29)26-20-9-7-8-19(16-20)23-25-24-22-10-5-4-6-15-27(22)23/h7-9,11-14,16-17,26H,3-6,10,15H2,1-2H3. The highest BCUT2D eigenvalue weighted by atomic mass is 32.2. The third-order valence-electron chi connectivity index (χ3n) is 5.85. The summed E-state index contributed by atoms with van der Waals surface area (Å²) in [6.07, 6.45) is 5.39. The highest BCUT2D eigenvalue weighted by Crippen LogP contribution is 2.26. The van der Waals surface area contributed by atoms with Gasteiger partial charge in [0.25, 0.3) is 10.0 Å². The van der Waals surface area contributed by atoms with Crippen LogP contribution < -0.4 is 4.72 Å². The molecule has 1 unspecified atom stereocenters. The highest BCUT2D eigenvalue weighted by Gasteiger charge is 2.18. The third-order valence-corrected chi connectivity index (χ3v) is 7.25. The molecule has 0 saturated heterocycles. The van der Waals surface area contributed by atoms with Gasteiger partial charge in [-0.25, -0.2) is 8.42 Å². The lowest BCUT2D eigenvalue weighted by molar-refractivity contribution is 0.601. The molecule has 0 bridgehead atoms. The van der Waals surface area contributed by atoms with Crippen LogP contribution in [0, 0.1) is 0 Å². The lowest BCUT2D eigenvalue weighted by Gasteiger charge is -2.12. The summed E-state index contributed by atoms with van der Waals surface area (Å²) in [6.45, 7) is 5.16. The van der Waals surface area contributed by atoms with Crippen LogP contribution in [0.4, 0.5) is 5.69 Å². The monoisotopic (exact) mass is 424 g/mol. The molecule has 1 atom stereocenters. The van der Waals surface area contributed by atoms with Gasteiger partial charge in [0, 0.05) is 24.2 Å². The fraction of sp³-hybridized carbons (Fsp3) is 0.391. The number of anilines is 1. The maximum absolute atomic E-state index is 12.9. The van der Waals surface area contributed by atoms with Gasteiger partial charge in [0.1, 0.15) is 5.82 Å². The number of aryl methyl sites for hydroxylation is 1. The van der Waals surface area contributed by atoms with Crippen LogP contribution in [0.5, 0.6) is 0 Å². The molecule has 1 aliphatic rings. The van der Waals surface area contributed by atoms with Crippen molar-refractivity contribution >= 4 is 15.7 Å². The summed E-state index contributed by atoms with van der Waals surface area (Å²) in [4.78, 5) is 0.260. The van der Waals surface area contributed by atoms with Crippen molar-refractivity contribution in [3.05, 3.63) is 59.9 Å². The van der Waals surface area contributed by atoms with Crippen molar-refractivity contribution in [3.63, 3.8) is 0 Å². The normalized spacial score (nSPS) is 15.3. The van der Waals surface area contributed by atoms with E-state index in [0.717, 1.165) is 55.0 Å². The van der Waals surface area contributed by atoms with E-state index in [1.165, 1.54) is 6.42 Å². The van der Waals surface area contributed by atoms with E-state index in [2.05, 4.69) is 33.3 Å². The van der Waals surface area contributed by atoms with Crippen molar-refractivity contribution in [1.29, 1.82) is 0 Å². The van der Waals surface area contributed by atoms with Gasteiger partial charge in [0.05, 0.1) is 4.90 Å². The van der Waals surface area contributed by atoms with Gasteiger partial charge in [-0.3, -0.25) is 4.72 Å². The van der Waals surface area contributed by atoms with Crippen molar-refractivity contribution in [2.75, 3.05) is 4.72 Å². The topological polar surface area (TPSA) is 76.9 Å². The molecule has 0 fully saturated rings. The van der Waals surface area contributed by atoms with Crippen LogP contribution >= 0.6 is 0 Å². The summed E-state index contributed by atoms with van der Waals surface area (Å²) in [7, 11) is -3.66. The van der Waals surface area contributed by atoms with Gasteiger partial charge >= 0.3 is 0 Å². The Hall–Kier alpha value is -2.67. The molecule has 3 aromatic rings. The zero-order valence-electron chi connectivity index (χ0n) is 17.5. The van der Waals surface area contributed by atoms with E-state index in [1.807, 2.05) is 30.3 Å². The summed E-state index contributed by atoms with van der Waals surface area (Å²) >= 11 is 0. The summed E-state index contributed by atoms with van der Waals surface area (Å²) in [6, 6.07) is 14.5. The van der Waals surface area contributed by atoms with Gasteiger partial charge in [-0.2, -0.15) is 0 Å². The van der Waals surface area contributed by atoms with Gasteiger partial charge in [-0.1, -0.05) is 44.5 Å². The quantitative estimate of drug-likeness (QED) is 0.605. The Morgan fingerprint density at radius 2 is 1.87 bits per heavy atom. The molecule has 0 saturated carbocycles. The zero-order chi connectivity index (χ0) is 21.1. The van der Waals surface area contributed by atoms with E-state index in [1.54, 1.807) is 18.2 Å². The van der Waals surface area contributed by atoms with Gasteiger partial charge in [0.2, 0.25) is 0 Å². The number of hydrogen-bond donors (Lipinski definition) is 1. The van der Waals surface area contributed by atoms with Gasteiger partial charge < -0.3 is 4.57 Å². The number of nitrogens with one attached hydrogen (secondary N) is 1. The molecule has 1 N–H and O–H groups in total. The molecule has 2 heterocycles. The van der Waals surface area contributed by atoms with Crippen LogP contribution in [-0.2, 0) is 23.0 Å². The summed E-state index contributed by atoms with van der Waals surface area (Å²) in [5.41, 5.74) is 2.53. The van der Waals surface area contributed by atoms with Gasteiger partial charge in [0.15, 0.2) is 5.82 Å². The van der Waals surface area contributed by atoms with E-state index in [9.17, 15) is 8.42 Å². The van der Waals surface area contributed by atoms with Crippen molar-refractivity contribution in [2.24, 2.45) is 0 Å².